The van der Waals surface area contributed by atoms with E-state index >= 15 is 0 Å². The van der Waals surface area contributed by atoms with Gasteiger partial charge in [0.2, 0.25) is 5.91 Å². The topological polar surface area (TPSA) is 72.3 Å². The van der Waals surface area contributed by atoms with Crippen molar-refractivity contribution in [2.45, 2.75) is 32.0 Å². The summed E-state index contributed by atoms with van der Waals surface area (Å²) in [6, 6.07) is -0.236. The minimum absolute atomic E-state index is 0.0510. The Morgan fingerprint density at radius 3 is 3.26 bits per heavy atom. The number of hydrogen-bond acceptors (Lipinski definition) is 5. The van der Waals surface area contributed by atoms with Crippen LogP contribution in [0.25, 0.3) is 0 Å². The van der Waals surface area contributed by atoms with E-state index in [4.69, 9.17) is 4.74 Å². The molecule has 3 rings (SSSR count). The molecule has 19 heavy (non-hydrogen) atoms. The highest BCUT2D eigenvalue weighted by molar-refractivity contribution is 5.81. The number of amides is 1. The van der Waals surface area contributed by atoms with Gasteiger partial charge in [-0.1, -0.05) is 0 Å². The van der Waals surface area contributed by atoms with Crippen molar-refractivity contribution in [3.05, 3.63) is 11.6 Å². The van der Waals surface area contributed by atoms with E-state index in [1.165, 1.54) is 0 Å². The number of likely N-dealkylation sites (N-methyl/N-ethyl adjacent to an activating group) is 1. The van der Waals surface area contributed by atoms with Gasteiger partial charge in [0.05, 0.1) is 19.8 Å². The Labute approximate surface area is 111 Å². The van der Waals surface area contributed by atoms with Crippen molar-refractivity contribution in [1.82, 2.24) is 25.0 Å². The Bertz CT molecular complexity index is 467. The van der Waals surface area contributed by atoms with Gasteiger partial charge >= 0.3 is 0 Å². The van der Waals surface area contributed by atoms with E-state index in [1.54, 1.807) is 11.9 Å². The van der Waals surface area contributed by atoms with Gasteiger partial charge < -0.3 is 19.5 Å². The highest BCUT2D eigenvalue weighted by Gasteiger charge is 2.26. The van der Waals surface area contributed by atoms with Gasteiger partial charge in [0, 0.05) is 26.6 Å². The first-order chi connectivity index (χ1) is 9.25. The van der Waals surface area contributed by atoms with Crippen LogP contribution in [0.3, 0.4) is 0 Å². The molecule has 3 heterocycles. The third-order valence-corrected chi connectivity index (χ3v) is 3.66. The van der Waals surface area contributed by atoms with Gasteiger partial charge in [-0.25, -0.2) is 0 Å². The van der Waals surface area contributed by atoms with Gasteiger partial charge in [0.15, 0.2) is 5.82 Å². The molecule has 0 bridgehead atoms. The van der Waals surface area contributed by atoms with Crippen LogP contribution in [0, 0.1) is 0 Å². The normalized spacial score (nSPS) is 22.3. The molecule has 1 amide bonds. The Hall–Kier alpha value is -1.47. The molecule has 0 aromatic carbocycles. The number of morpholine rings is 1. The number of hydrogen-bond donors (Lipinski definition) is 1. The van der Waals surface area contributed by atoms with Crippen LogP contribution in [0.5, 0.6) is 0 Å². The molecule has 0 saturated carbocycles. The second kappa shape index (κ2) is 5.26. The number of rotatable bonds is 3. The Morgan fingerprint density at radius 1 is 1.58 bits per heavy atom. The number of aryl methyl sites for hydroxylation is 1. The van der Waals surface area contributed by atoms with Crippen LogP contribution >= 0.6 is 0 Å². The number of nitrogens with one attached hydrogen (secondary N) is 1. The summed E-state index contributed by atoms with van der Waals surface area (Å²) in [5, 5.41) is 11.5. The molecule has 104 valence electrons. The van der Waals surface area contributed by atoms with Crippen molar-refractivity contribution in [3.63, 3.8) is 0 Å². The summed E-state index contributed by atoms with van der Waals surface area (Å²) < 4.78 is 7.44. The average molecular weight is 265 g/mol. The van der Waals surface area contributed by atoms with E-state index in [9.17, 15) is 4.79 Å². The van der Waals surface area contributed by atoms with Crippen molar-refractivity contribution in [3.8, 4) is 0 Å². The van der Waals surface area contributed by atoms with Gasteiger partial charge in [0.25, 0.3) is 0 Å². The lowest BCUT2D eigenvalue weighted by Crippen LogP contribution is -2.51. The van der Waals surface area contributed by atoms with E-state index in [0.717, 1.165) is 37.6 Å². The summed E-state index contributed by atoms with van der Waals surface area (Å²) in [6.07, 6.45) is 2.11. The maximum Gasteiger partial charge on any atom is 0.242 e. The second-order valence-corrected chi connectivity index (χ2v) is 5.06. The summed E-state index contributed by atoms with van der Waals surface area (Å²) in [5.74, 6) is 1.96. The number of fused-ring (bicyclic) bond motifs is 1. The van der Waals surface area contributed by atoms with Crippen LogP contribution < -0.4 is 5.32 Å². The highest BCUT2D eigenvalue weighted by Crippen LogP contribution is 2.15. The Morgan fingerprint density at radius 2 is 2.47 bits per heavy atom. The molecule has 0 spiro atoms. The minimum atomic E-state index is -0.236. The lowest BCUT2D eigenvalue weighted by atomic mass is 10.2. The van der Waals surface area contributed by atoms with Crippen LogP contribution in [-0.4, -0.2) is 58.4 Å². The summed E-state index contributed by atoms with van der Waals surface area (Å²) in [5.41, 5.74) is 0. The van der Waals surface area contributed by atoms with E-state index in [-0.39, 0.29) is 11.9 Å². The molecule has 2 aliphatic heterocycles. The van der Waals surface area contributed by atoms with Crippen molar-refractivity contribution < 1.29 is 9.53 Å². The summed E-state index contributed by atoms with van der Waals surface area (Å²) >= 11 is 0. The molecule has 1 aromatic rings. The number of nitrogens with zero attached hydrogens (tertiary/aromatic N) is 4. The molecular weight excluding hydrogens is 246 g/mol. The van der Waals surface area contributed by atoms with Crippen molar-refractivity contribution >= 4 is 5.91 Å². The number of aromatic nitrogens is 3. The summed E-state index contributed by atoms with van der Waals surface area (Å²) in [7, 11) is 1.80. The van der Waals surface area contributed by atoms with Gasteiger partial charge in [-0.05, 0) is 6.42 Å². The molecule has 1 aromatic heterocycles. The van der Waals surface area contributed by atoms with E-state index in [1.807, 2.05) is 0 Å². The molecular formula is C12H19N5O2. The van der Waals surface area contributed by atoms with Crippen LogP contribution in [-0.2, 0) is 29.0 Å². The van der Waals surface area contributed by atoms with Gasteiger partial charge in [-0.3, -0.25) is 4.79 Å². The minimum Gasteiger partial charge on any atom is -0.378 e. The van der Waals surface area contributed by atoms with Crippen LogP contribution in [0.4, 0.5) is 0 Å². The second-order valence-electron chi connectivity index (χ2n) is 5.06. The fraction of sp³-hybridized carbons (Fsp3) is 0.750. The van der Waals surface area contributed by atoms with E-state index in [0.29, 0.717) is 19.8 Å². The van der Waals surface area contributed by atoms with Gasteiger partial charge in [0.1, 0.15) is 11.9 Å². The Balaban J connectivity index is 1.63. The Kier molecular flexibility index (Phi) is 3.48. The maximum absolute atomic E-state index is 12.3. The van der Waals surface area contributed by atoms with Crippen LogP contribution in [0.2, 0.25) is 0 Å². The van der Waals surface area contributed by atoms with Gasteiger partial charge in [-0.15, -0.1) is 10.2 Å². The first-order valence-corrected chi connectivity index (χ1v) is 6.73. The zero-order valence-electron chi connectivity index (χ0n) is 11.1. The predicted molar refractivity (Wildman–Crippen MR) is 67.4 cm³/mol. The zero-order valence-corrected chi connectivity index (χ0v) is 11.1. The highest BCUT2D eigenvalue weighted by atomic mass is 16.5. The van der Waals surface area contributed by atoms with Crippen molar-refractivity contribution in [1.29, 1.82) is 0 Å². The fourth-order valence-electron chi connectivity index (χ4n) is 2.61. The largest absolute Gasteiger partial charge is 0.378 e. The van der Waals surface area contributed by atoms with Crippen LogP contribution in [0.15, 0.2) is 0 Å². The monoisotopic (exact) mass is 265 g/mol. The molecule has 7 heteroatoms. The molecule has 2 aliphatic rings. The maximum atomic E-state index is 12.3. The summed E-state index contributed by atoms with van der Waals surface area (Å²) in [4.78, 5) is 13.9. The lowest BCUT2D eigenvalue weighted by molar-refractivity contribution is -0.135. The standard InChI is InChI=1S/C12H19N5O2/c1-16(12(18)9-8-19-6-4-13-9)7-11-15-14-10-3-2-5-17(10)11/h9,13H,2-8H2,1H3. The molecule has 0 aliphatic carbocycles. The smallest absolute Gasteiger partial charge is 0.242 e. The zero-order chi connectivity index (χ0) is 13.2. The SMILES string of the molecule is CN(Cc1nnc2n1CCC2)C(=O)C1COCCN1. The first kappa shape index (κ1) is 12.6. The molecule has 1 saturated heterocycles. The average Bonchev–Trinajstić information content (AvgIpc) is 3.04. The molecule has 0 radical (unpaired) electrons. The lowest BCUT2D eigenvalue weighted by Gasteiger charge is -2.27. The number of carbonyl (C=O) groups is 1. The van der Waals surface area contributed by atoms with Gasteiger partial charge in [-0.2, -0.15) is 0 Å². The number of carbonyl (C=O) groups excluding carboxylic acids is 1. The number of ether oxygens (including phenoxy) is 1. The first-order valence-electron chi connectivity index (χ1n) is 6.73. The van der Waals surface area contributed by atoms with Crippen molar-refractivity contribution in [2.24, 2.45) is 0 Å². The van der Waals surface area contributed by atoms with E-state index in [2.05, 4.69) is 20.1 Å². The van der Waals surface area contributed by atoms with Crippen molar-refractivity contribution in [2.75, 3.05) is 26.8 Å². The third-order valence-electron chi connectivity index (χ3n) is 3.66. The molecule has 1 N–H and O–H groups in total. The molecule has 1 atom stereocenters. The molecule has 7 nitrogen and oxygen atoms in total. The molecule has 1 fully saturated rings. The molecule has 1 unspecified atom stereocenters. The summed E-state index contributed by atoms with van der Waals surface area (Å²) in [6.45, 7) is 3.31. The predicted octanol–water partition coefficient (Wildman–Crippen LogP) is -0.829. The van der Waals surface area contributed by atoms with E-state index < -0.39 is 0 Å². The van der Waals surface area contributed by atoms with Crippen LogP contribution in [0.1, 0.15) is 18.1 Å². The quantitative estimate of drug-likeness (QED) is 0.772. The fourth-order valence-corrected chi connectivity index (χ4v) is 2.61. The third kappa shape index (κ3) is 2.48.